The minimum Gasteiger partial charge on any atom is -0.506 e. The summed E-state index contributed by atoms with van der Waals surface area (Å²) in [6.07, 6.45) is 2.19. The number of sulfonamides is 1. The minimum atomic E-state index is -3.46. The van der Waals surface area contributed by atoms with E-state index in [0.717, 1.165) is 17.4 Å². The van der Waals surface area contributed by atoms with Gasteiger partial charge in [0.1, 0.15) is 5.75 Å². The van der Waals surface area contributed by atoms with Crippen molar-refractivity contribution in [1.29, 1.82) is 0 Å². The van der Waals surface area contributed by atoms with E-state index < -0.39 is 10.0 Å². The zero-order valence-corrected chi connectivity index (χ0v) is 12.8. The van der Waals surface area contributed by atoms with Crippen molar-refractivity contribution in [2.45, 2.75) is 12.8 Å². The molecule has 0 unspecified atom stereocenters. The highest BCUT2D eigenvalue weighted by Crippen LogP contribution is 2.27. The maximum absolute atomic E-state index is 11.2. The van der Waals surface area contributed by atoms with Crippen LogP contribution in [0.2, 0.25) is 0 Å². The van der Waals surface area contributed by atoms with E-state index in [1.165, 1.54) is 18.2 Å². The second kappa shape index (κ2) is 6.15. The lowest BCUT2D eigenvalue weighted by molar-refractivity contribution is 0.403. The number of phenolic OH excluding ortho intramolecular Hbond substituents is 3. The molecule has 0 saturated carbocycles. The quantitative estimate of drug-likeness (QED) is 0.629. The van der Waals surface area contributed by atoms with Crippen LogP contribution in [0.4, 0.5) is 5.69 Å². The van der Waals surface area contributed by atoms with E-state index in [9.17, 15) is 23.7 Å². The van der Waals surface area contributed by atoms with E-state index in [1.807, 2.05) is 0 Å². The zero-order chi connectivity index (χ0) is 16.3. The summed E-state index contributed by atoms with van der Waals surface area (Å²) in [5.74, 6) is -0.493. The number of hydrogen-bond donors (Lipinski definition) is 4. The highest BCUT2D eigenvalue weighted by atomic mass is 32.2. The molecule has 0 fully saturated rings. The molecule has 22 heavy (non-hydrogen) atoms. The van der Waals surface area contributed by atoms with E-state index in [1.54, 1.807) is 18.2 Å². The number of aryl methyl sites for hydroxylation is 2. The standard InChI is InChI=1S/C15H17NO5S/c1-22(20,21)16-12-8-10(4-6-13(12)17)2-3-11-5-7-14(18)15(19)9-11/h4-9,16-19H,2-3H2,1H3. The second-order valence-corrected chi connectivity index (χ2v) is 6.80. The summed E-state index contributed by atoms with van der Waals surface area (Å²) in [6, 6.07) is 9.28. The Labute approximate surface area is 128 Å². The first-order chi connectivity index (χ1) is 10.2. The molecule has 7 heteroatoms. The predicted octanol–water partition coefficient (Wildman–Crippen LogP) is 1.96. The maximum Gasteiger partial charge on any atom is 0.229 e. The van der Waals surface area contributed by atoms with Gasteiger partial charge in [-0.15, -0.1) is 0 Å². The molecule has 118 valence electrons. The Morgan fingerprint density at radius 3 is 1.95 bits per heavy atom. The van der Waals surface area contributed by atoms with Gasteiger partial charge in [0, 0.05) is 0 Å². The lowest BCUT2D eigenvalue weighted by Crippen LogP contribution is -2.10. The van der Waals surface area contributed by atoms with Crippen LogP contribution >= 0.6 is 0 Å². The van der Waals surface area contributed by atoms with Crippen molar-refractivity contribution in [2.24, 2.45) is 0 Å². The van der Waals surface area contributed by atoms with E-state index in [-0.39, 0.29) is 22.9 Å². The number of aromatic hydroxyl groups is 3. The van der Waals surface area contributed by atoms with Gasteiger partial charge in [0.25, 0.3) is 0 Å². The van der Waals surface area contributed by atoms with Crippen LogP contribution in [-0.4, -0.2) is 30.0 Å². The van der Waals surface area contributed by atoms with Crippen molar-refractivity contribution >= 4 is 15.7 Å². The molecule has 6 nitrogen and oxygen atoms in total. The molecule has 0 spiro atoms. The van der Waals surface area contributed by atoms with Gasteiger partial charge in [-0.1, -0.05) is 12.1 Å². The summed E-state index contributed by atoms with van der Waals surface area (Å²) < 4.78 is 24.7. The third kappa shape index (κ3) is 4.29. The van der Waals surface area contributed by atoms with Gasteiger partial charge in [0.2, 0.25) is 10.0 Å². The molecule has 2 rings (SSSR count). The van der Waals surface area contributed by atoms with Crippen LogP contribution in [0, 0.1) is 0 Å². The molecule has 2 aromatic carbocycles. The Bertz CT molecular complexity index is 787. The van der Waals surface area contributed by atoms with Crippen LogP contribution in [0.15, 0.2) is 36.4 Å². The molecular formula is C15H17NO5S. The Morgan fingerprint density at radius 1 is 0.864 bits per heavy atom. The minimum absolute atomic E-state index is 0.133. The normalized spacial score (nSPS) is 11.3. The van der Waals surface area contributed by atoms with E-state index >= 15 is 0 Å². The first-order valence-corrected chi connectivity index (χ1v) is 8.44. The fourth-order valence-corrected chi connectivity index (χ4v) is 2.60. The van der Waals surface area contributed by atoms with Crippen molar-refractivity contribution < 1.29 is 23.7 Å². The predicted molar refractivity (Wildman–Crippen MR) is 83.8 cm³/mol. The molecule has 0 aliphatic heterocycles. The molecule has 0 aromatic heterocycles. The van der Waals surface area contributed by atoms with Crippen LogP contribution in [0.1, 0.15) is 11.1 Å². The van der Waals surface area contributed by atoms with Crippen molar-refractivity contribution in [3.8, 4) is 17.2 Å². The highest BCUT2D eigenvalue weighted by Gasteiger charge is 2.08. The number of phenols is 3. The Kier molecular flexibility index (Phi) is 4.46. The highest BCUT2D eigenvalue weighted by molar-refractivity contribution is 7.92. The van der Waals surface area contributed by atoms with Gasteiger partial charge in [-0.2, -0.15) is 0 Å². The zero-order valence-electron chi connectivity index (χ0n) is 11.9. The molecule has 0 amide bonds. The summed E-state index contributed by atoms with van der Waals surface area (Å²) in [5, 5.41) is 28.4. The molecule has 0 bridgehead atoms. The second-order valence-electron chi connectivity index (χ2n) is 5.05. The van der Waals surface area contributed by atoms with Gasteiger partial charge in [-0.25, -0.2) is 8.42 Å². The fraction of sp³-hybridized carbons (Fsp3) is 0.200. The van der Waals surface area contributed by atoms with E-state index in [4.69, 9.17) is 0 Å². The SMILES string of the molecule is CS(=O)(=O)Nc1cc(CCc2ccc(O)c(O)c2)ccc1O. The van der Waals surface area contributed by atoms with Gasteiger partial charge in [-0.05, 0) is 48.2 Å². The van der Waals surface area contributed by atoms with Crippen molar-refractivity contribution in [2.75, 3.05) is 11.0 Å². The molecule has 4 N–H and O–H groups in total. The number of hydrogen-bond acceptors (Lipinski definition) is 5. The molecule has 0 saturated heterocycles. The monoisotopic (exact) mass is 323 g/mol. The van der Waals surface area contributed by atoms with Crippen LogP contribution in [-0.2, 0) is 22.9 Å². The summed E-state index contributed by atoms with van der Waals surface area (Å²) in [5.41, 5.74) is 1.80. The number of benzene rings is 2. The average Bonchev–Trinajstić information content (AvgIpc) is 2.42. The average molecular weight is 323 g/mol. The van der Waals surface area contributed by atoms with Gasteiger partial charge < -0.3 is 15.3 Å². The first kappa shape index (κ1) is 16.0. The van der Waals surface area contributed by atoms with Crippen molar-refractivity contribution in [1.82, 2.24) is 0 Å². The largest absolute Gasteiger partial charge is 0.506 e. The smallest absolute Gasteiger partial charge is 0.229 e. The Hall–Kier alpha value is -2.41. The summed E-state index contributed by atoms with van der Waals surface area (Å²) >= 11 is 0. The van der Waals surface area contributed by atoms with E-state index in [0.29, 0.717) is 12.8 Å². The molecule has 0 aliphatic rings. The lowest BCUT2D eigenvalue weighted by atomic mass is 10.0. The van der Waals surface area contributed by atoms with Gasteiger partial charge >= 0.3 is 0 Å². The van der Waals surface area contributed by atoms with Gasteiger partial charge in [-0.3, -0.25) is 4.72 Å². The van der Waals surface area contributed by atoms with Crippen LogP contribution < -0.4 is 4.72 Å². The molecule has 0 radical (unpaired) electrons. The summed E-state index contributed by atoms with van der Waals surface area (Å²) in [6.45, 7) is 0. The summed E-state index contributed by atoms with van der Waals surface area (Å²) in [4.78, 5) is 0. The van der Waals surface area contributed by atoms with Crippen LogP contribution in [0.25, 0.3) is 0 Å². The molecule has 0 aliphatic carbocycles. The molecule has 0 heterocycles. The van der Waals surface area contributed by atoms with Gasteiger partial charge in [0.05, 0.1) is 11.9 Å². The lowest BCUT2D eigenvalue weighted by Gasteiger charge is -2.09. The maximum atomic E-state index is 11.2. The summed E-state index contributed by atoms with van der Waals surface area (Å²) in [7, 11) is -3.46. The Morgan fingerprint density at radius 2 is 1.41 bits per heavy atom. The van der Waals surface area contributed by atoms with Gasteiger partial charge in [0.15, 0.2) is 11.5 Å². The molecule has 0 atom stereocenters. The van der Waals surface area contributed by atoms with Crippen molar-refractivity contribution in [3.05, 3.63) is 47.5 Å². The first-order valence-electron chi connectivity index (χ1n) is 6.55. The fourth-order valence-electron chi connectivity index (χ4n) is 2.03. The van der Waals surface area contributed by atoms with Crippen LogP contribution in [0.5, 0.6) is 17.2 Å². The Balaban J connectivity index is 2.13. The van der Waals surface area contributed by atoms with E-state index in [2.05, 4.69) is 4.72 Å². The molecular weight excluding hydrogens is 306 g/mol. The third-order valence-electron chi connectivity index (χ3n) is 3.10. The number of anilines is 1. The van der Waals surface area contributed by atoms with Crippen LogP contribution in [0.3, 0.4) is 0 Å². The topological polar surface area (TPSA) is 107 Å². The number of nitrogens with one attached hydrogen (secondary N) is 1. The third-order valence-corrected chi connectivity index (χ3v) is 3.69. The molecule has 2 aromatic rings. The van der Waals surface area contributed by atoms with Crippen molar-refractivity contribution in [3.63, 3.8) is 0 Å². The number of rotatable bonds is 5.